The number of hydrogen-bond acceptors (Lipinski definition) is 2. The first-order chi connectivity index (χ1) is 8.55. The van der Waals surface area contributed by atoms with E-state index in [4.69, 9.17) is 4.74 Å². The molecule has 1 heterocycles. The maximum Gasteiger partial charge on any atom is 0.261 e. The van der Waals surface area contributed by atoms with Crippen LogP contribution in [0.2, 0.25) is 0 Å². The highest BCUT2D eigenvalue weighted by Gasteiger charge is 2.37. The highest BCUT2D eigenvalue weighted by atomic mass is 127. The lowest BCUT2D eigenvalue weighted by atomic mass is 10.3. The molecule has 5 heteroatoms. The molecule has 1 aromatic rings. The summed E-state index contributed by atoms with van der Waals surface area (Å²) in [5.41, 5.74) is 0. The number of benzene rings is 1. The minimum Gasteiger partial charge on any atom is -0.494 e. The zero-order valence-corrected chi connectivity index (χ0v) is 12.2. The zero-order valence-electron chi connectivity index (χ0n) is 10.0. The van der Waals surface area contributed by atoms with E-state index in [2.05, 4.69) is 22.6 Å². The molecule has 1 saturated heterocycles. The maximum atomic E-state index is 12.9. The number of hydrogen-bond donors (Lipinski definition) is 0. The van der Waals surface area contributed by atoms with Crippen LogP contribution in [0.1, 0.15) is 12.8 Å². The van der Waals surface area contributed by atoms with Crippen LogP contribution < -0.4 is 4.74 Å². The predicted octanol–water partition coefficient (Wildman–Crippen LogP) is 3.40. The van der Waals surface area contributed by atoms with Gasteiger partial charge in [-0.05, 0) is 53.3 Å². The van der Waals surface area contributed by atoms with Crippen LogP contribution in [0.5, 0.6) is 5.75 Å². The van der Waals surface area contributed by atoms with Gasteiger partial charge in [-0.25, -0.2) is 8.78 Å². The molecular formula is C13H16F2INO. The molecule has 18 heavy (non-hydrogen) atoms. The van der Waals surface area contributed by atoms with Gasteiger partial charge in [-0.15, -0.1) is 0 Å². The first-order valence-corrected chi connectivity index (χ1v) is 7.12. The van der Waals surface area contributed by atoms with E-state index in [0.717, 1.165) is 12.2 Å². The van der Waals surface area contributed by atoms with Crippen LogP contribution >= 0.6 is 22.6 Å². The molecule has 0 amide bonds. The molecule has 2 nitrogen and oxygen atoms in total. The fourth-order valence-electron chi connectivity index (χ4n) is 2.01. The van der Waals surface area contributed by atoms with Gasteiger partial charge in [0.25, 0.3) is 5.92 Å². The zero-order chi connectivity index (χ0) is 13.0. The molecule has 1 aliphatic heterocycles. The molecule has 0 unspecified atom stereocenters. The van der Waals surface area contributed by atoms with Crippen LogP contribution in [-0.4, -0.2) is 37.1 Å². The molecule has 0 spiro atoms. The molecule has 1 fully saturated rings. The van der Waals surface area contributed by atoms with Crippen LogP contribution in [0.25, 0.3) is 0 Å². The molecule has 0 N–H and O–H groups in total. The second kappa shape index (κ2) is 6.14. The van der Waals surface area contributed by atoms with Gasteiger partial charge in [0.05, 0.1) is 13.2 Å². The number of ether oxygens (including phenoxy) is 1. The van der Waals surface area contributed by atoms with E-state index >= 15 is 0 Å². The standard InChI is InChI=1S/C13H16F2INO/c14-13(15)6-8-17(10-13)7-1-9-18-12-4-2-11(16)3-5-12/h2-5H,1,6-10H2. The van der Waals surface area contributed by atoms with Crippen molar-refractivity contribution < 1.29 is 13.5 Å². The Morgan fingerprint density at radius 2 is 2.00 bits per heavy atom. The quantitative estimate of drug-likeness (QED) is 0.584. The smallest absolute Gasteiger partial charge is 0.261 e. The van der Waals surface area contributed by atoms with Crippen molar-refractivity contribution in [1.82, 2.24) is 4.90 Å². The van der Waals surface area contributed by atoms with E-state index < -0.39 is 5.92 Å². The van der Waals surface area contributed by atoms with Gasteiger partial charge in [-0.3, -0.25) is 4.90 Å². The maximum absolute atomic E-state index is 12.9. The largest absolute Gasteiger partial charge is 0.494 e. The van der Waals surface area contributed by atoms with E-state index in [9.17, 15) is 8.78 Å². The monoisotopic (exact) mass is 367 g/mol. The number of rotatable bonds is 5. The minimum atomic E-state index is -2.49. The molecule has 1 aromatic carbocycles. The van der Waals surface area contributed by atoms with Crippen molar-refractivity contribution in [2.45, 2.75) is 18.8 Å². The highest BCUT2D eigenvalue weighted by molar-refractivity contribution is 14.1. The lowest BCUT2D eigenvalue weighted by Gasteiger charge is -2.15. The average Bonchev–Trinajstić information content (AvgIpc) is 2.67. The fraction of sp³-hybridized carbons (Fsp3) is 0.538. The molecule has 0 aliphatic carbocycles. The minimum absolute atomic E-state index is 0.00895. The van der Waals surface area contributed by atoms with Crippen molar-refractivity contribution in [2.75, 3.05) is 26.2 Å². The second-order valence-electron chi connectivity index (χ2n) is 4.54. The van der Waals surface area contributed by atoms with Gasteiger partial charge in [-0.2, -0.15) is 0 Å². The van der Waals surface area contributed by atoms with Crippen LogP contribution in [0.15, 0.2) is 24.3 Å². The number of nitrogens with zero attached hydrogens (tertiary/aromatic N) is 1. The van der Waals surface area contributed by atoms with Crippen molar-refractivity contribution in [3.63, 3.8) is 0 Å². The Morgan fingerprint density at radius 3 is 2.61 bits per heavy atom. The SMILES string of the molecule is FC1(F)CCN(CCCOc2ccc(I)cc2)C1. The summed E-state index contributed by atoms with van der Waals surface area (Å²) in [7, 11) is 0. The molecule has 0 bridgehead atoms. The Labute approximate surface area is 119 Å². The summed E-state index contributed by atoms with van der Waals surface area (Å²) < 4.78 is 32.6. The van der Waals surface area contributed by atoms with Crippen LogP contribution in [0.4, 0.5) is 8.78 Å². The molecule has 0 saturated carbocycles. The Morgan fingerprint density at radius 1 is 1.28 bits per heavy atom. The average molecular weight is 367 g/mol. The van der Waals surface area contributed by atoms with Crippen molar-refractivity contribution >= 4 is 22.6 Å². The molecular weight excluding hydrogens is 351 g/mol. The van der Waals surface area contributed by atoms with Crippen LogP contribution in [-0.2, 0) is 0 Å². The second-order valence-corrected chi connectivity index (χ2v) is 5.78. The third-order valence-electron chi connectivity index (χ3n) is 2.95. The molecule has 0 radical (unpaired) electrons. The number of alkyl halides is 2. The summed E-state index contributed by atoms with van der Waals surface area (Å²) >= 11 is 2.24. The Kier molecular flexibility index (Phi) is 4.77. The van der Waals surface area contributed by atoms with Gasteiger partial charge < -0.3 is 4.74 Å². The van der Waals surface area contributed by atoms with Gasteiger partial charge >= 0.3 is 0 Å². The third-order valence-corrected chi connectivity index (χ3v) is 3.67. The van der Waals surface area contributed by atoms with E-state index in [0.29, 0.717) is 19.7 Å². The summed E-state index contributed by atoms with van der Waals surface area (Å²) in [6.07, 6.45) is 0.771. The molecule has 1 aliphatic rings. The lowest BCUT2D eigenvalue weighted by Crippen LogP contribution is -2.27. The Bertz CT molecular complexity index is 383. The van der Waals surface area contributed by atoms with Gasteiger partial charge in [-0.1, -0.05) is 0 Å². The topological polar surface area (TPSA) is 12.5 Å². The summed E-state index contributed by atoms with van der Waals surface area (Å²) in [6.45, 7) is 1.65. The lowest BCUT2D eigenvalue weighted by molar-refractivity contribution is 0.0119. The predicted molar refractivity (Wildman–Crippen MR) is 75.3 cm³/mol. The highest BCUT2D eigenvalue weighted by Crippen LogP contribution is 2.26. The van der Waals surface area contributed by atoms with E-state index in [-0.39, 0.29) is 13.0 Å². The fourth-order valence-corrected chi connectivity index (χ4v) is 2.37. The molecule has 0 aromatic heterocycles. The summed E-state index contributed by atoms with van der Waals surface area (Å²) in [5, 5.41) is 0. The van der Waals surface area contributed by atoms with Crippen molar-refractivity contribution in [1.29, 1.82) is 0 Å². The summed E-state index contributed by atoms with van der Waals surface area (Å²) in [4.78, 5) is 1.80. The first kappa shape index (κ1) is 14.0. The number of likely N-dealkylation sites (tertiary alicyclic amines) is 1. The first-order valence-electron chi connectivity index (χ1n) is 6.04. The third kappa shape index (κ3) is 4.35. The van der Waals surface area contributed by atoms with Crippen LogP contribution in [0.3, 0.4) is 0 Å². The van der Waals surface area contributed by atoms with Gasteiger partial charge in [0.15, 0.2) is 0 Å². The molecule has 0 atom stereocenters. The number of halogens is 3. The molecule has 2 rings (SSSR count). The van der Waals surface area contributed by atoms with Gasteiger partial charge in [0.1, 0.15) is 5.75 Å². The van der Waals surface area contributed by atoms with Gasteiger partial charge in [0.2, 0.25) is 0 Å². The van der Waals surface area contributed by atoms with E-state index in [1.807, 2.05) is 24.3 Å². The summed E-state index contributed by atoms with van der Waals surface area (Å²) in [6, 6.07) is 7.81. The van der Waals surface area contributed by atoms with Crippen molar-refractivity contribution in [3.8, 4) is 5.75 Å². The van der Waals surface area contributed by atoms with Crippen molar-refractivity contribution in [2.24, 2.45) is 0 Å². The summed E-state index contributed by atoms with van der Waals surface area (Å²) in [5.74, 6) is -1.65. The molecule has 100 valence electrons. The van der Waals surface area contributed by atoms with Crippen molar-refractivity contribution in [3.05, 3.63) is 27.8 Å². The van der Waals surface area contributed by atoms with Crippen LogP contribution in [0, 0.1) is 3.57 Å². The van der Waals surface area contributed by atoms with E-state index in [1.165, 1.54) is 3.57 Å². The Balaban J connectivity index is 1.63. The normalized spacial score (nSPS) is 19.1. The van der Waals surface area contributed by atoms with Gasteiger partial charge in [0, 0.05) is 23.1 Å². The van der Waals surface area contributed by atoms with E-state index in [1.54, 1.807) is 4.90 Å². The Hall–Kier alpha value is -0.430.